The highest BCUT2D eigenvalue weighted by molar-refractivity contribution is 5.75. The molecule has 1 saturated heterocycles. The molecule has 0 aromatic carbocycles. The maximum absolute atomic E-state index is 11.5. The molecule has 1 heterocycles. The second-order valence-corrected chi connectivity index (χ2v) is 5.56. The SMILES string of the molecule is CC1CN(CC2(C(=O)O)CCCC2)CCCO1. The number of hydrogen-bond donors (Lipinski definition) is 1. The van der Waals surface area contributed by atoms with Crippen molar-refractivity contribution in [2.24, 2.45) is 5.41 Å². The highest BCUT2D eigenvalue weighted by Crippen LogP contribution is 2.39. The molecule has 2 aliphatic rings. The van der Waals surface area contributed by atoms with E-state index in [0.29, 0.717) is 6.54 Å². The van der Waals surface area contributed by atoms with Crippen molar-refractivity contribution in [2.45, 2.75) is 45.1 Å². The number of carboxylic acids is 1. The molecule has 1 aliphatic carbocycles. The molecule has 2 fully saturated rings. The molecule has 1 N–H and O–H groups in total. The molecule has 1 aliphatic heterocycles. The van der Waals surface area contributed by atoms with Crippen LogP contribution in [0.2, 0.25) is 0 Å². The van der Waals surface area contributed by atoms with E-state index in [0.717, 1.165) is 51.8 Å². The Morgan fingerprint density at radius 3 is 2.76 bits per heavy atom. The lowest BCUT2D eigenvalue weighted by atomic mass is 9.85. The molecule has 0 radical (unpaired) electrons. The van der Waals surface area contributed by atoms with Gasteiger partial charge in [0.1, 0.15) is 0 Å². The molecule has 0 aromatic heterocycles. The number of nitrogens with zero attached hydrogens (tertiary/aromatic N) is 1. The van der Waals surface area contributed by atoms with Crippen molar-refractivity contribution in [3.63, 3.8) is 0 Å². The standard InChI is InChI=1S/C13H23NO3/c1-11-9-14(7-4-8-17-11)10-13(12(15)16)5-2-3-6-13/h11H,2-10H2,1H3,(H,15,16). The van der Waals surface area contributed by atoms with E-state index in [2.05, 4.69) is 11.8 Å². The van der Waals surface area contributed by atoms with Crippen LogP contribution in [0.5, 0.6) is 0 Å². The minimum absolute atomic E-state index is 0.227. The summed E-state index contributed by atoms with van der Waals surface area (Å²) in [5.74, 6) is -0.604. The average molecular weight is 241 g/mol. The van der Waals surface area contributed by atoms with Crippen molar-refractivity contribution in [3.8, 4) is 0 Å². The van der Waals surface area contributed by atoms with Crippen molar-refractivity contribution in [1.82, 2.24) is 4.90 Å². The number of carbonyl (C=O) groups is 1. The van der Waals surface area contributed by atoms with Crippen molar-refractivity contribution in [1.29, 1.82) is 0 Å². The third-order valence-electron chi connectivity index (χ3n) is 4.08. The minimum Gasteiger partial charge on any atom is -0.481 e. The molecule has 0 spiro atoms. The molecule has 1 saturated carbocycles. The number of carboxylic acid groups (broad SMARTS) is 1. The summed E-state index contributed by atoms with van der Waals surface area (Å²) >= 11 is 0. The summed E-state index contributed by atoms with van der Waals surface area (Å²) < 4.78 is 5.60. The molecule has 4 nitrogen and oxygen atoms in total. The summed E-state index contributed by atoms with van der Waals surface area (Å²) in [7, 11) is 0. The van der Waals surface area contributed by atoms with E-state index in [1.807, 2.05) is 0 Å². The Balaban J connectivity index is 1.99. The van der Waals surface area contributed by atoms with Crippen LogP contribution in [0.15, 0.2) is 0 Å². The second kappa shape index (κ2) is 5.36. The summed E-state index contributed by atoms with van der Waals surface area (Å²) in [6.07, 6.45) is 5.05. The summed E-state index contributed by atoms with van der Waals surface area (Å²) in [6, 6.07) is 0. The molecule has 17 heavy (non-hydrogen) atoms. The Morgan fingerprint density at radius 2 is 2.12 bits per heavy atom. The quantitative estimate of drug-likeness (QED) is 0.817. The van der Waals surface area contributed by atoms with Gasteiger partial charge in [0.2, 0.25) is 0 Å². The fourth-order valence-corrected chi connectivity index (χ4v) is 3.14. The van der Waals surface area contributed by atoms with Crippen LogP contribution in [0.4, 0.5) is 0 Å². The highest BCUT2D eigenvalue weighted by atomic mass is 16.5. The lowest BCUT2D eigenvalue weighted by Crippen LogP contribution is -2.43. The Kier molecular flexibility index (Phi) is 4.05. The summed E-state index contributed by atoms with van der Waals surface area (Å²) in [4.78, 5) is 13.8. The zero-order valence-corrected chi connectivity index (χ0v) is 10.7. The average Bonchev–Trinajstić information content (AvgIpc) is 2.65. The highest BCUT2D eigenvalue weighted by Gasteiger charge is 2.42. The Hall–Kier alpha value is -0.610. The van der Waals surface area contributed by atoms with Crippen LogP contribution in [0.1, 0.15) is 39.0 Å². The van der Waals surface area contributed by atoms with Gasteiger partial charge < -0.3 is 9.84 Å². The number of hydrogen-bond acceptors (Lipinski definition) is 3. The number of ether oxygens (including phenoxy) is 1. The topological polar surface area (TPSA) is 49.8 Å². The maximum atomic E-state index is 11.5. The third-order valence-corrected chi connectivity index (χ3v) is 4.08. The third kappa shape index (κ3) is 2.99. The van der Waals surface area contributed by atoms with Gasteiger partial charge in [-0.15, -0.1) is 0 Å². The van der Waals surface area contributed by atoms with E-state index in [4.69, 9.17) is 4.74 Å². The first-order chi connectivity index (χ1) is 8.12. The van der Waals surface area contributed by atoms with Gasteiger partial charge in [0.15, 0.2) is 0 Å². The van der Waals surface area contributed by atoms with Gasteiger partial charge in [-0.25, -0.2) is 0 Å². The first-order valence-corrected chi connectivity index (χ1v) is 6.70. The van der Waals surface area contributed by atoms with Gasteiger partial charge in [0.05, 0.1) is 11.5 Å². The van der Waals surface area contributed by atoms with E-state index in [9.17, 15) is 9.90 Å². The Morgan fingerprint density at radius 1 is 1.41 bits per heavy atom. The van der Waals surface area contributed by atoms with E-state index in [1.165, 1.54) is 0 Å². The van der Waals surface area contributed by atoms with Crippen molar-refractivity contribution in [3.05, 3.63) is 0 Å². The fourth-order valence-electron chi connectivity index (χ4n) is 3.14. The van der Waals surface area contributed by atoms with E-state index in [-0.39, 0.29) is 6.10 Å². The van der Waals surface area contributed by atoms with E-state index < -0.39 is 11.4 Å². The molecule has 1 unspecified atom stereocenters. The van der Waals surface area contributed by atoms with Gasteiger partial charge in [-0.2, -0.15) is 0 Å². The molecule has 0 bridgehead atoms. The normalized spacial score (nSPS) is 30.1. The van der Waals surface area contributed by atoms with Gasteiger partial charge in [-0.05, 0) is 26.2 Å². The number of aliphatic carboxylic acids is 1. The van der Waals surface area contributed by atoms with Crippen LogP contribution in [0.25, 0.3) is 0 Å². The Bertz CT molecular complexity index is 274. The molecule has 0 amide bonds. The molecule has 0 aromatic rings. The predicted molar refractivity (Wildman–Crippen MR) is 65.0 cm³/mol. The largest absolute Gasteiger partial charge is 0.481 e. The van der Waals surface area contributed by atoms with Crippen molar-refractivity contribution >= 4 is 5.97 Å². The molecule has 2 rings (SSSR count). The van der Waals surface area contributed by atoms with Crippen LogP contribution in [-0.4, -0.2) is 48.3 Å². The van der Waals surface area contributed by atoms with Gasteiger partial charge in [-0.3, -0.25) is 9.69 Å². The van der Waals surface area contributed by atoms with E-state index >= 15 is 0 Å². The van der Waals surface area contributed by atoms with Gasteiger partial charge in [-0.1, -0.05) is 12.8 Å². The maximum Gasteiger partial charge on any atom is 0.310 e. The molecule has 4 heteroatoms. The van der Waals surface area contributed by atoms with Crippen molar-refractivity contribution < 1.29 is 14.6 Å². The Labute approximate surface area is 103 Å². The smallest absolute Gasteiger partial charge is 0.310 e. The molecule has 98 valence electrons. The van der Waals surface area contributed by atoms with Crippen LogP contribution < -0.4 is 0 Å². The van der Waals surface area contributed by atoms with Crippen LogP contribution in [0.3, 0.4) is 0 Å². The van der Waals surface area contributed by atoms with Gasteiger partial charge >= 0.3 is 5.97 Å². The lowest BCUT2D eigenvalue weighted by Gasteiger charge is -2.32. The van der Waals surface area contributed by atoms with Crippen LogP contribution in [0, 0.1) is 5.41 Å². The number of rotatable bonds is 3. The fraction of sp³-hybridized carbons (Fsp3) is 0.923. The molecule has 1 atom stereocenters. The second-order valence-electron chi connectivity index (χ2n) is 5.56. The first-order valence-electron chi connectivity index (χ1n) is 6.70. The van der Waals surface area contributed by atoms with Gasteiger partial charge in [0.25, 0.3) is 0 Å². The zero-order valence-electron chi connectivity index (χ0n) is 10.7. The van der Waals surface area contributed by atoms with Crippen LogP contribution in [-0.2, 0) is 9.53 Å². The molecular weight excluding hydrogens is 218 g/mol. The van der Waals surface area contributed by atoms with Crippen molar-refractivity contribution in [2.75, 3.05) is 26.2 Å². The summed E-state index contributed by atoms with van der Waals surface area (Å²) in [5, 5.41) is 9.47. The van der Waals surface area contributed by atoms with Gasteiger partial charge in [0, 0.05) is 26.2 Å². The minimum atomic E-state index is -0.604. The summed E-state index contributed by atoms with van der Waals surface area (Å²) in [5.41, 5.74) is -0.482. The van der Waals surface area contributed by atoms with Crippen LogP contribution >= 0.6 is 0 Å². The predicted octanol–water partition coefficient (Wildman–Crippen LogP) is 1.74. The lowest BCUT2D eigenvalue weighted by molar-refractivity contribution is -0.150. The molecular formula is C13H23NO3. The monoisotopic (exact) mass is 241 g/mol. The first kappa shape index (κ1) is 12.8. The van der Waals surface area contributed by atoms with E-state index in [1.54, 1.807) is 0 Å². The summed E-state index contributed by atoms with van der Waals surface area (Å²) in [6.45, 7) is 5.42. The zero-order chi connectivity index (χ0) is 12.3.